The highest BCUT2D eigenvalue weighted by Crippen LogP contribution is 2.29. The number of aryl methyl sites for hydroxylation is 2. The highest BCUT2D eigenvalue weighted by Gasteiger charge is 2.21. The van der Waals surface area contributed by atoms with Crippen LogP contribution < -0.4 is 9.46 Å². The topological polar surface area (TPSA) is 68.5 Å². The van der Waals surface area contributed by atoms with Crippen molar-refractivity contribution in [2.45, 2.75) is 24.6 Å². The fraction of sp³-hybridized carbons (Fsp3) is 0.333. The smallest absolute Gasteiger partial charge is 0.254 e. The molecule has 2 aromatic heterocycles. The lowest BCUT2D eigenvalue weighted by Crippen LogP contribution is -2.22. The summed E-state index contributed by atoms with van der Waals surface area (Å²) >= 11 is 1.13. The molecule has 7 heteroatoms. The highest BCUT2D eigenvalue weighted by atomic mass is 32.2. The number of ether oxygens (including phenoxy) is 1. The van der Waals surface area contributed by atoms with E-state index in [1.54, 1.807) is 11.4 Å². The zero-order chi connectivity index (χ0) is 14.0. The van der Waals surface area contributed by atoms with Gasteiger partial charge in [-0.2, -0.15) is 0 Å². The second kappa shape index (κ2) is 5.36. The Balaban J connectivity index is 2.17. The first-order valence-electron chi connectivity index (χ1n) is 5.61. The van der Waals surface area contributed by atoms with Crippen molar-refractivity contribution in [2.24, 2.45) is 0 Å². The van der Waals surface area contributed by atoms with Crippen molar-refractivity contribution in [1.82, 2.24) is 4.72 Å². The summed E-state index contributed by atoms with van der Waals surface area (Å²) in [7, 11) is -2.11. The van der Waals surface area contributed by atoms with Gasteiger partial charge in [-0.1, -0.05) is 0 Å². The molecule has 0 amide bonds. The van der Waals surface area contributed by atoms with Crippen molar-refractivity contribution < 1.29 is 17.6 Å². The Morgan fingerprint density at radius 1 is 1.42 bits per heavy atom. The summed E-state index contributed by atoms with van der Waals surface area (Å²) in [5.74, 6) is 1.84. The quantitative estimate of drug-likeness (QED) is 0.921. The van der Waals surface area contributed by atoms with Gasteiger partial charge in [0.05, 0.1) is 7.11 Å². The molecular weight excluding hydrogens is 286 g/mol. The zero-order valence-corrected chi connectivity index (χ0v) is 12.5. The van der Waals surface area contributed by atoms with Crippen LogP contribution in [0.2, 0.25) is 0 Å². The number of rotatable bonds is 5. The molecular formula is C12H15NO4S2. The number of hydrogen-bond acceptors (Lipinski definition) is 5. The first-order valence-corrected chi connectivity index (χ1v) is 7.97. The monoisotopic (exact) mass is 301 g/mol. The Labute approximate surface area is 116 Å². The molecule has 0 unspecified atom stereocenters. The molecule has 0 bridgehead atoms. The van der Waals surface area contributed by atoms with Crippen LogP contribution in [0.3, 0.4) is 0 Å². The van der Waals surface area contributed by atoms with E-state index in [4.69, 9.17) is 9.15 Å². The van der Waals surface area contributed by atoms with Crippen LogP contribution in [0.5, 0.6) is 5.75 Å². The van der Waals surface area contributed by atoms with Gasteiger partial charge in [-0.25, -0.2) is 13.1 Å². The molecule has 1 N–H and O–H groups in total. The molecule has 2 rings (SSSR count). The number of thiophene rings is 1. The molecule has 0 radical (unpaired) electrons. The van der Waals surface area contributed by atoms with Crippen LogP contribution in [0.15, 0.2) is 26.1 Å². The summed E-state index contributed by atoms with van der Waals surface area (Å²) < 4.78 is 37.4. The lowest BCUT2D eigenvalue weighted by atomic mass is 10.2. The van der Waals surface area contributed by atoms with E-state index in [2.05, 4.69) is 4.72 Å². The van der Waals surface area contributed by atoms with Gasteiger partial charge in [0.1, 0.15) is 17.3 Å². The van der Waals surface area contributed by atoms with E-state index < -0.39 is 10.0 Å². The predicted molar refractivity (Wildman–Crippen MR) is 73.1 cm³/mol. The van der Waals surface area contributed by atoms with Gasteiger partial charge in [-0.05, 0) is 31.4 Å². The van der Waals surface area contributed by atoms with Crippen molar-refractivity contribution >= 4 is 21.4 Å². The highest BCUT2D eigenvalue weighted by molar-refractivity contribution is 7.91. The van der Waals surface area contributed by atoms with Gasteiger partial charge < -0.3 is 9.15 Å². The van der Waals surface area contributed by atoms with Crippen molar-refractivity contribution in [3.05, 3.63) is 34.6 Å². The summed E-state index contributed by atoms with van der Waals surface area (Å²) in [6, 6.07) is 3.45. The van der Waals surface area contributed by atoms with E-state index in [1.807, 2.05) is 19.9 Å². The largest absolute Gasteiger partial charge is 0.494 e. The van der Waals surface area contributed by atoms with E-state index in [1.165, 1.54) is 7.11 Å². The second-order valence-corrected chi connectivity index (χ2v) is 6.92. The number of nitrogens with one attached hydrogen (secondary N) is 1. The van der Waals surface area contributed by atoms with Gasteiger partial charge in [0.15, 0.2) is 4.21 Å². The van der Waals surface area contributed by atoms with Crippen LogP contribution in [0.25, 0.3) is 0 Å². The fourth-order valence-corrected chi connectivity index (χ4v) is 4.05. The number of sulfonamides is 1. The van der Waals surface area contributed by atoms with Crippen molar-refractivity contribution in [3.8, 4) is 5.75 Å². The number of hydrogen-bond donors (Lipinski definition) is 1. The van der Waals surface area contributed by atoms with E-state index in [-0.39, 0.29) is 10.8 Å². The Morgan fingerprint density at radius 2 is 2.16 bits per heavy atom. The van der Waals surface area contributed by atoms with Crippen LogP contribution in [-0.4, -0.2) is 15.5 Å². The van der Waals surface area contributed by atoms with Crippen LogP contribution in [-0.2, 0) is 16.6 Å². The van der Waals surface area contributed by atoms with E-state index in [0.717, 1.165) is 28.4 Å². The maximum absolute atomic E-state index is 12.2. The normalized spacial score (nSPS) is 11.7. The molecule has 2 heterocycles. The summed E-state index contributed by atoms with van der Waals surface area (Å²) in [6.07, 6.45) is 0. The standard InChI is InChI=1S/C12H15NO4S2/c1-8-6-10(9(2)17-8)7-13-19(14,15)12-11(16-3)4-5-18-12/h4-6,13H,7H2,1-3H3. The predicted octanol–water partition coefficient (Wildman–Crippen LogP) is 2.45. The third-order valence-electron chi connectivity index (χ3n) is 2.66. The summed E-state index contributed by atoms with van der Waals surface area (Å²) in [6.45, 7) is 3.84. The molecule has 0 aliphatic heterocycles. The average molecular weight is 301 g/mol. The number of methoxy groups -OCH3 is 1. The molecule has 0 aliphatic rings. The Hall–Kier alpha value is -1.31. The lowest BCUT2D eigenvalue weighted by Gasteiger charge is -2.06. The average Bonchev–Trinajstić information content (AvgIpc) is 2.93. The third kappa shape index (κ3) is 2.99. The van der Waals surface area contributed by atoms with E-state index in [9.17, 15) is 8.42 Å². The number of furan rings is 1. The van der Waals surface area contributed by atoms with Crippen LogP contribution in [0, 0.1) is 13.8 Å². The van der Waals surface area contributed by atoms with Crippen molar-refractivity contribution in [2.75, 3.05) is 7.11 Å². The molecule has 19 heavy (non-hydrogen) atoms. The maximum atomic E-state index is 12.2. The van der Waals surface area contributed by atoms with Gasteiger partial charge in [0.2, 0.25) is 0 Å². The molecule has 0 saturated carbocycles. The Kier molecular flexibility index (Phi) is 3.98. The van der Waals surface area contributed by atoms with Crippen LogP contribution in [0.4, 0.5) is 0 Å². The minimum atomic E-state index is -3.56. The maximum Gasteiger partial charge on any atom is 0.254 e. The molecule has 104 valence electrons. The second-order valence-electron chi connectivity index (χ2n) is 4.04. The van der Waals surface area contributed by atoms with Gasteiger partial charge in [0, 0.05) is 12.1 Å². The molecule has 0 fully saturated rings. The summed E-state index contributed by atoms with van der Waals surface area (Å²) in [5, 5.41) is 1.68. The van der Waals surface area contributed by atoms with Crippen LogP contribution >= 0.6 is 11.3 Å². The Morgan fingerprint density at radius 3 is 2.74 bits per heavy atom. The molecule has 0 atom stereocenters. The first-order chi connectivity index (χ1) is 8.94. The van der Waals surface area contributed by atoms with Gasteiger partial charge in [-0.15, -0.1) is 11.3 Å². The molecule has 2 aromatic rings. The van der Waals surface area contributed by atoms with Crippen LogP contribution in [0.1, 0.15) is 17.1 Å². The first kappa shape index (κ1) is 14.1. The summed E-state index contributed by atoms with van der Waals surface area (Å²) in [4.78, 5) is 0. The van der Waals surface area contributed by atoms with E-state index >= 15 is 0 Å². The van der Waals surface area contributed by atoms with Gasteiger partial charge >= 0.3 is 0 Å². The molecule has 0 aromatic carbocycles. The molecule has 0 saturated heterocycles. The zero-order valence-electron chi connectivity index (χ0n) is 10.9. The molecule has 0 spiro atoms. The van der Waals surface area contributed by atoms with Crippen molar-refractivity contribution in [1.29, 1.82) is 0 Å². The summed E-state index contributed by atoms with van der Waals surface area (Å²) in [5.41, 5.74) is 0.830. The Bertz CT molecular complexity index is 670. The molecule has 0 aliphatic carbocycles. The van der Waals surface area contributed by atoms with E-state index in [0.29, 0.717) is 5.75 Å². The minimum absolute atomic E-state index is 0.188. The fourth-order valence-electron chi connectivity index (χ4n) is 1.73. The van der Waals surface area contributed by atoms with Crippen molar-refractivity contribution in [3.63, 3.8) is 0 Å². The third-order valence-corrected chi connectivity index (χ3v) is 5.50. The van der Waals surface area contributed by atoms with Gasteiger partial charge in [-0.3, -0.25) is 0 Å². The van der Waals surface area contributed by atoms with Gasteiger partial charge in [0.25, 0.3) is 10.0 Å². The lowest BCUT2D eigenvalue weighted by molar-refractivity contribution is 0.406. The minimum Gasteiger partial charge on any atom is -0.494 e. The molecule has 5 nitrogen and oxygen atoms in total. The SMILES string of the molecule is COc1ccsc1S(=O)(=O)NCc1cc(C)oc1C.